The van der Waals surface area contributed by atoms with Crippen LogP contribution in [0.3, 0.4) is 0 Å². The molecule has 0 saturated carbocycles. The summed E-state index contributed by atoms with van der Waals surface area (Å²) in [6.07, 6.45) is 3.23. The van der Waals surface area contributed by atoms with E-state index >= 15 is 0 Å². The fourth-order valence-electron chi connectivity index (χ4n) is 3.48. The maximum atomic E-state index is 12.7. The molecule has 2 saturated heterocycles. The predicted molar refractivity (Wildman–Crippen MR) is 115 cm³/mol. The van der Waals surface area contributed by atoms with Crippen LogP contribution in [0.2, 0.25) is 0 Å². The number of carbonyl (C=O) groups excluding carboxylic acids is 2. The summed E-state index contributed by atoms with van der Waals surface area (Å²) in [5.41, 5.74) is 2.89. The molecule has 2 aliphatic heterocycles. The molecule has 28 heavy (non-hydrogen) atoms. The number of rotatable bonds is 5. The van der Waals surface area contributed by atoms with Crippen LogP contribution < -0.4 is 5.32 Å². The quantitative estimate of drug-likeness (QED) is 0.805. The number of benzene rings is 1. The Bertz CT molecular complexity index is 841. The van der Waals surface area contributed by atoms with Gasteiger partial charge in [-0.15, -0.1) is 23.5 Å². The van der Waals surface area contributed by atoms with Crippen molar-refractivity contribution in [2.24, 2.45) is 5.92 Å². The van der Waals surface area contributed by atoms with Gasteiger partial charge in [-0.3, -0.25) is 14.6 Å². The van der Waals surface area contributed by atoms with Crippen LogP contribution in [0.4, 0.5) is 5.69 Å². The van der Waals surface area contributed by atoms with Crippen LogP contribution >= 0.6 is 23.5 Å². The van der Waals surface area contributed by atoms with Crippen molar-refractivity contribution in [2.45, 2.75) is 24.0 Å². The largest absolute Gasteiger partial charge is 0.336 e. The normalized spacial score (nSPS) is 20.4. The summed E-state index contributed by atoms with van der Waals surface area (Å²) in [4.78, 5) is 31.0. The van der Waals surface area contributed by atoms with Gasteiger partial charge in [-0.2, -0.15) is 0 Å². The second kappa shape index (κ2) is 9.01. The lowest BCUT2D eigenvalue weighted by Gasteiger charge is -2.22. The standard InChI is InChI=1S/C21H23N3O2S2/c25-19-12-16(13-24(19)14-18-6-1-2-8-22-18)20(26)23-17-7-3-5-15(11-17)21-27-9-4-10-28-21/h1-3,5-8,11,16,21H,4,9-10,12-14H2,(H,23,26)/t16-/m0/s1. The molecule has 2 aliphatic rings. The zero-order valence-corrected chi connectivity index (χ0v) is 17.2. The molecule has 2 amide bonds. The van der Waals surface area contributed by atoms with Gasteiger partial charge in [-0.1, -0.05) is 18.2 Å². The van der Waals surface area contributed by atoms with Gasteiger partial charge in [-0.25, -0.2) is 0 Å². The predicted octanol–water partition coefficient (Wildman–Crippen LogP) is 3.94. The van der Waals surface area contributed by atoms with E-state index in [1.165, 1.54) is 23.5 Å². The molecule has 1 atom stereocenters. The van der Waals surface area contributed by atoms with Gasteiger partial charge in [0.1, 0.15) is 0 Å². The molecule has 0 spiro atoms. The average molecular weight is 414 g/mol. The van der Waals surface area contributed by atoms with Crippen molar-refractivity contribution in [2.75, 3.05) is 23.4 Å². The molecule has 0 aliphatic carbocycles. The molecule has 4 rings (SSSR count). The second-order valence-electron chi connectivity index (χ2n) is 7.04. The lowest BCUT2D eigenvalue weighted by molar-refractivity contribution is -0.128. The molecule has 7 heteroatoms. The number of aromatic nitrogens is 1. The highest BCUT2D eigenvalue weighted by atomic mass is 32.2. The van der Waals surface area contributed by atoms with Crippen molar-refractivity contribution < 1.29 is 9.59 Å². The van der Waals surface area contributed by atoms with E-state index in [0.717, 1.165) is 11.4 Å². The second-order valence-corrected chi connectivity index (χ2v) is 9.76. The highest BCUT2D eigenvalue weighted by molar-refractivity contribution is 8.16. The summed E-state index contributed by atoms with van der Waals surface area (Å²) in [7, 11) is 0. The number of nitrogens with one attached hydrogen (secondary N) is 1. The Kier molecular flexibility index (Phi) is 6.22. The first-order valence-corrected chi connectivity index (χ1v) is 11.6. The number of hydrogen-bond donors (Lipinski definition) is 1. The van der Waals surface area contributed by atoms with E-state index in [1.807, 2.05) is 53.9 Å². The van der Waals surface area contributed by atoms with E-state index in [4.69, 9.17) is 0 Å². The van der Waals surface area contributed by atoms with Gasteiger partial charge in [0.25, 0.3) is 0 Å². The van der Waals surface area contributed by atoms with Crippen molar-refractivity contribution in [3.05, 3.63) is 59.9 Å². The lowest BCUT2D eigenvalue weighted by atomic mass is 10.1. The molecule has 1 aromatic heterocycles. The van der Waals surface area contributed by atoms with Gasteiger partial charge in [0.15, 0.2) is 0 Å². The molecule has 0 radical (unpaired) electrons. The fraction of sp³-hybridized carbons (Fsp3) is 0.381. The smallest absolute Gasteiger partial charge is 0.229 e. The van der Waals surface area contributed by atoms with Crippen molar-refractivity contribution >= 4 is 41.0 Å². The molecule has 0 bridgehead atoms. The molecule has 146 valence electrons. The number of hydrogen-bond acceptors (Lipinski definition) is 5. The molecular weight excluding hydrogens is 390 g/mol. The van der Waals surface area contributed by atoms with Crippen molar-refractivity contribution in [1.29, 1.82) is 0 Å². The Morgan fingerprint density at radius 1 is 1.18 bits per heavy atom. The van der Waals surface area contributed by atoms with Crippen LogP contribution in [0.15, 0.2) is 48.7 Å². The Balaban J connectivity index is 1.37. The first-order valence-electron chi connectivity index (χ1n) is 9.51. The SMILES string of the molecule is O=C(Nc1cccc(C2SCCCS2)c1)[C@H]1CC(=O)N(Cc2ccccn2)C1. The zero-order chi connectivity index (χ0) is 19.3. The van der Waals surface area contributed by atoms with E-state index < -0.39 is 0 Å². The number of pyridine rings is 1. The fourth-order valence-corrected chi connectivity index (χ4v) is 6.35. The van der Waals surface area contributed by atoms with Crippen LogP contribution in [-0.4, -0.2) is 39.7 Å². The molecule has 3 heterocycles. The number of anilines is 1. The minimum absolute atomic E-state index is 0.00885. The number of likely N-dealkylation sites (tertiary alicyclic amines) is 1. The topological polar surface area (TPSA) is 62.3 Å². The van der Waals surface area contributed by atoms with Gasteiger partial charge >= 0.3 is 0 Å². The van der Waals surface area contributed by atoms with Crippen molar-refractivity contribution in [3.63, 3.8) is 0 Å². The summed E-state index contributed by atoms with van der Waals surface area (Å²) in [6.45, 7) is 0.893. The zero-order valence-electron chi connectivity index (χ0n) is 15.5. The van der Waals surface area contributed by atoms with Gasteiger partial charge < -0.3 is 10.2 Å². The van der Waals surface area contributed by atoms with E-state index in [9.17, 15) is 9.59 Å². The van der Waals surface area contributed by atoms with Crippen LogP contribution in [-0.2, 0) is 16.1 Å². The number of nitrogens with zero attached hydrogens (tertiary/aromatic N) is 2. The molecule has 2 fully saturated rings. The third-order valence-corrected chi connectivity index (χ3v) is 7.93. The first kappa shape index (κ1) is 19.3. The Hall–Kier alpha value is -1.99. The molecule has 5 nitrogen and oxygen atoms in total. The highest BCUT2D eigenvalue weighted by Crippen LogP contribution is 2.44. The summed E-state index contributed by atoms with van der Waals surface area (Å²) < 4.78 is 0.438. The van der Waals surface area contributed by atoms with E-state index in [-0.39, 0.29) is 24.2 Å². The molecular formula is C21H23N3O2S2. The molecule has 1 N–H and O–H groups in total. The summed E-state index contributed by atoms with van der Waals surface area (Å²) in [6, 6.07) is 13.8. The number of carbonyl (C=O) groups is 2. The minimum atomic E-state index is -0.321. The van der Waals surface area contributed by atoms with E-state index in [2.05, 4.69) is 22.4 Å². The average Bonchev–Trinajstić information content (AvgIpc) is 3.10. The Morgan fingerprint density at radius 3 is 2.82 bits per heavy atom. The number of amides is 2. The molecule has 2 aromatic rings. The van der Waals surface area contributed by atoms with Gasteiger partial charge in [0.05, 0.1) is 22.7 Å². The van der Waals surface area contributed by atoms with Crippen LogP contribution in [0.25, 0.3) is 0 Å². The summed E-state index contributed by atoms with van der Waals surface area (Å²) >= 11 is 3.93. The third-order valence-electron chi connectivity index (χ3n) is 4.92. The maximum Gasteiger partial charge on any atom is 0.229 e. The minimum Gasteiger partial charge on any atom is -0.336 e. The van der Waals surface area contributed by atoms with Gasteiger partial charge in [0, 0.05) is 24.8 Å². The Labute approximate surface area is 173 Å². The van der Waals surface area contributed by atoms with Crippen molar-refractivity contribution in [3.8, 4) is 0 Å². The molecule has 0 unspecified atom stereocenters. The van der Waals surface area contributed by atoms with Crippen LogP contribution in [0.5, 0.6) is 0 Å². The monoisotopic (exact) mass is 413 g/mol. The van der Waals surface area contributed by atoms with E-state index in [1.54, 1.807) is 11.1 Å². The summed E-state index contributed by atoms with van der Waals surface area (Å²) in [5.74, 6) is 1.97. The molecule has 1 aromatic carbocycles. The number of thioether (sulfide) groups is 2. The first-order chi connectivity index (χ1) is 13.7. The highest BCUT2D eigenvalue weighted by Gasteiger charge is 2.34. The Morgan fingerprint density at radius 2 is 2.04 bits per heavy atom. The third kappa shape index (κ3) is 4.70. The maximum absolute atomic E-state index is 12.7. The summed E-state index contributed by atoms with van der Waals surface area (Å²) in [5, 5.41) is 3.02. The van der Waals surface area contributed by atoms with Gasteiger partial charge in [0.2, 0.25) is 11.8 Å². The van der Waals surface area contributed by atoms with Gasteiger partial charge in [-0.05, 0) is 47.8 Å². The van der Waals surface area contributed by atoms with E-state index in [0.29, 0.717) is 17.7 Å². The van der Waals surface area contributed by atoms with Crippen molar-refractivity contribution in [1.82, 2.24) is 9.88 Å². The lowest BCUT2D eigenvalue weighted by Crippen LogP contribution is -2.28. The van der Waals surface area contributed by atoms with Crippen LogP contribution in [0.1, 0.15) is 28.7 Å². The van der Waals surface area contributed by atoms with Crippen LogP contribution in [0, 0.1) is 5.92 Å².